The zero-order chi connectivity index (χ0) is 15.3. The van der Waals surface area contributed by atoms with Gasteiger partial charge in [-0.1, -0.05) is 18.2 Å². The van der Waals surface area contributed by atoms with Crippen LogP contribution in [0.15, 0.2) is 24.3 Å². The number of ether oxygens (including phenoxy) is 2. The normalized spacial score (nSPS) is 12.5. The summed E-state index contributed by atoms with van der Waals surface area (Å²) < 4.78 is 58.4. The summed E-state index contributed by atoms with van der Waals surface area (Å²) in [6.45, 7) is 0. The van der Waals surface area contributed by atoms with E-state index in [9.17, 15) is 22.4 Å². The summed E-state index contributed by atoms with van der Waals surface area (Å²) >= 11 is 0. The van der Waals surface area contributed by atoms with E-state index < -0.39 is 30.3 Å². The van der Waals surface area contributed by atoms with Gasteiger partial charge in [0.15, 0.2) is 0 Å². The molecule has 0 heterocycles. The van der Waals surface area contributed by atoms with Gasteiger partial charge in [0.2, 0.25) is 0 Å². The summed E-state index contributed by atoms with van der Waals surface area (Å²) in [5.41, 5.74) is 5.67. The molecule has 0 unspecified atom stereocenters. The minimum Gasteiger partial charge on any atom is -0.469 e. The number of methoxy groups -OCH3 is 1. The molecule has 0 aromatic heterocycles. The molecule has 1 atom stereocenters. The summed E-state index contributed by atoms with van der Waals surface area (Å²) in [5.74, 6) is -1.16. The lowest BCUT2D eigenvalue weighted by Crippen LogP contribution is -2.34. The lowest BCUT2D eigenvalue weighted by atomic mass is 10.0. The number of carbonyl (C=O) groups is 1. The summed E-state index contributed by atoms with van der Waals surface area (Å²) in [6.07, 6.45) is -8.91. The fourth-order valence-electron chi connectivity index (χ4n) is 1.44. The smallest absolute Gasteiger partial charge is 0.461 e. The maximum atomic E-state index is 12.9. The molecule has 0 saturated carbocycles. The van der Waals surface area contributed by atoms with Crippen LogP contribution in [-0.2, 0) is 9.53 Å². The van der Waals surface area contributed by atoms with Gasteiger partial charge in [-0.25, -0.2) is 0 Å². The van der Waals surface area contributed by atoms with Gasteiger partial charge in [-0.2, -0.15) is 17.6 Å². The van der Waals surface area contributed by atoms with Crippen LogP contribution in [0.5, 0.6) is 5.75 Å². The summed E-state index contributed by atoms with van der Waals surface area (Å²) in [6, 6.07) is 4.16. The highest BCUT2D eigenvalue weighted by Gasteiger charge is 2.44. The molecule has 0 saturated heterocycles. The Morgan fingerprint density at radius 1 is 1.33 bits per heavy atom. The van der Waals surface area contributed by atoms with Gasteiger partial charge in [0.25, 0.3) is 0 Å². The van der Waals surface area contributed by atoms with E-state index in [4.69, 9.17) is 5.73 Å². The number of hydrogen-bond donors (Lipinski definition) is 1. The van der Waals surface area contributed by atoms with Crippen LogP contribution < -0.4 is 10.5 Å². The van der Waals surface area contributed by atoms with E-state index in [1.807, 2.05) is 0 Å². The predicted molar refractivity (Wildman–Crippen MR) is 68.8 cm³/mol. The Kier molecular flexibility index (Phi) is 7.45. The van der Waals surface area contributed by atoms with Crippen molar-refractivity contribution in [3.05, 3.63) is 29.8 Å². The first-order valence-corrected chi connectivity index (χ1v) is 5.54. The fourth-order valence-corrected chi connectivity index (χ4v) is 1.44. The van der Waals surface area contributed by atoms with Gasteiger partial charge in [-0.15, -0.1) is 12.4 Å². The number of esters is 1. The molecule has 21 heavy (non-hydrogen) atoms. The average molecular weight is 332 g/mol. The van der Waals surface area contributed by atoms with Crippen LogP contribution in [0.25, 0.3) is 0 Å². The van der Waals surface area contributed by atoms with Crippen LogP contribution in [-0.4, -0.2) is 25.6 Å². The Hall–Kier alpha value is -1.54. The molecule has 1 aromatic rings. The van der Waals surface area contributed by atoms with E-state index in [0.717, 1.165) is 13.2 Å². The highest BCUT2D eigenvalue weighted by molar-refractivity contribution is 5.85. The second-order valence-corrected chi connectivity index (χ2v) is 3.89. The van der Waals surface area contributed by atoms with Gasteiger partial charge in [0.1, 0.15) is 5.75 Å². The molecule has 0 amide bonds. The Labute approximate surface area is 124 Å². The third kappa shape index (κ3) is 5.39. The largest absolute Gasteiger partial charge is 0.469 e. The predicted octanol–water partition coefficient (Wildman–Crippen LogP) is 2.91. The lowest BCUT2D eigenvalue weighted by Gasteiger charge is -2.21. The van der Waals surface area contributed by atoms with Gasteiger partial charge in [0, 0.05) is 11.6 Å². The SMILES string of the molecule is COC(=O)C[C@H](N)c1ccccc1OC(F)(F)C(F)F.Cl. The minimum absolute atomic E-state index is 0. The first-order valence-electron chi connectivity index (χ1n) is 5.54. The standard InChI is InChI=1S/C12H13F4NO3.ClH/c1-19-10(18)6-8(17)7-4-2-3-5-9(7)20-12(15,16)11(13)14;/h2-5,8,11H,6,17H2,1H3;1H/t8-;/m0./s1. The van der Waals surface area contributed by atoms with Crippen LogP contribution in [0.3, 0.4) is 0 Å². The van der Waals surface area contributed by atoms with Crippen molar-refractivity contribution in [2.24, 2.45) is 5.73 Å². The Bertz CT molecular complexity index is 474. The van der Waals surface area contributed by atoms with Gasteiger partial charge < -0.3 is 15.2 Å². The Balaban J connectivity index is 0.00000400. The van der Waals surface area contributed by atoms with E-state index in [1.54, 1.807) is 0 Å². The molecular weight excluding hydrogens is 318 g/mol. The summed E-state index contributed by atoms with van der Waals surface area (Å²) in [7, 11) is 1.14. The summed E-state index contributed by atoms with van der Waals surface area (Å²) in [4.78, 5) is 11.1. The van der Waals surface area contributed by atoms with Gasteiger partial charge in [0.05, 0.1) is 13.5 Å². The van der Waals surface area contributed by atoms with Crippen molar-refractivity contribution in [3.8, 4) is 5.75 Å². The zero-order valence-electron chi connectivity index (χ0n) is 10.9. The second kappa shape index (κ2) is 8.04. The van der Waals surface area contributed by atoms with Gasteiger partial charge >= 0.3 is 18.5 Å². The van der Waals surface area contributed by atoms with Gasteiger partial charge in [-0.05, 0) is 6.07 Å². The highest BCUT2D eigenvalue weighted by atomic mass is 35.5. The van der Waals surface area contributed by atoms with Crippen LogP contribution in [0, 0.1) is 0 Å². The quantitative estimate of drug-likeness (QED) is 0.643. The van der Waals surface area contributed by atoms with Crippen LogP contribution in [0.1, 0.15) is 18.0 Å². The van der Waals surface area contributed by atoms with Crippen molar-refractivity contribution >= 4 is 18.4 Å². The number of hydrogen-bond acceptors (Lipinski definition) is 4. The molecule has 4 nitrogen and oxygen atoms in total. The molecule has 0 aliphatic carbocycles. The van der Waals surface area contributed by atoms with E-state index in [0.29, 0.717) is 0 Å². The fraction of sp³-hybridized carbons (Fsp3) is 0.417. The summed E-state index contributed by atoms with van der Waals surface area (Å²) in [5, 5.41) is 0. The van der Waals surface area contributed by atoms with Crippen molar-refractivity contribution in [2.45, 2.75) is 25.0 Å². The van der Waals surface area contributed by atoms with Crippen LogP contribution in [0.2, 0.25) is 0 Å². The number of benzene rings is 1. The van der Waals surface area contributed by atoms with E-state index in [2.05, 4.69) is 9.47 Å². The molecule has 0 radical (unpaired) electrons. The monoisotopic (exact) mass is 331 g/mol. The number of alkyl halides is 4. The molecule has 1 rings (SSSR count). The molecule has 0 fully saturated rings. The number of nitrogens with two attached hydrogens (primary N) is 1. The first kappa shape index (κ1) is 19.5. The van der Waals surface area contributed by atoms with Crippen molar-refractivity contribution in [1.82, 2.24) is 0 Å². The molecule has 0 bridgehead atoms. The van der Waals surface area contributed by atoms with Crippen molar-refractivity contribution in [2.75, 3.05) is 7.11 Å². The minimum atomic E-state index is -4.64. The maximum absolute atomic E-state index is 12.9. The highest BCUT2D eigenvalue weighted by Crippen LogP contribution is 2.32. The van der Waals surface area contributed by atoms with Crippen molar-refractivity contribution < 1.29 is 31.8 Å². The lowest BCUT2D eigenvalue weighted by molar-refractivity contribution is -0.253. The van der Waals surface area contributed by atoms with E-state index in [1.165, 1.54) is 18.2 Å². The molecule has 0 aliphatic rings. The molecule has 1 aromatic carbocycles. The molecule has 0 aliphatic heterocycles. The first-order chi connectivity index (χ1) is 9.27. The molecule has 2 N–H and O–H groups in total. The van der Waals surface area contributed by atoms with Crippen molar-refractivity contribution in [1.29, 1.82) is 0 Å². The van der Waals surface area contributed by atoms with E-state index >= 15 is 0 Å². The third-order valence-electron chi connectivity index (χ3n) is 2.43. The number of carbonyl (C=O) groups excluding carboxylic acids is 1. The number of halogens is 5. The maximum Gasteiger partial charge on any atom is 0.461 e. The molecule has 0 spiro atoms. The third-order valence-corrected chi connectivity index (χ3v) is 2.43. The Morgan fingerprint density at radius 2 is 1.90 bits per heavy atom. The topological polar surface area (TPSA) is 61.5 Å². The molecule has 9 heteroatoms. The van der Waals surface area contributed by atoms with Crippen LogP contribution in [0.4, 0.5) is 17.6 Å². The number of para-hydroxylation sites is 1. The van der Waals surface area contributed by atoms with E-state index in [-0.39, 0.29) is 24.4 Å². The Morgan fingerprint density at radius 3 is 2.43 bits per heavy atom. The van der Waals surface area contributed by atoms with Crippen molar-refractivity contribution in [3.63, 3.8) is 0 Å². The van der Waals surface area contributed by atoms with Crippen LogP contribution >= 0.6 is 12.4 Å². The average Bonchev–Trinajstić information content (AvgIpc) is 2.38. The van der Waals surface area contributed by atoms with Gasteiger partial charge in [-0.3, -0.25) is 4.79 Å². The second-order valence-electron chi connectivity index (χ2n) is 3.89. The zero-order valence-corrected chi connectivity index (χ0v) is 11.7. The number of rotatable bonds is 6. The molecule has 120 valence electrons. The molecular formula is C12H14ClF4NO3.